The highest BCUT2D eigenvalue weighted by molar-refractivity contribution is 6.31. The minimum Gasteiger partial charge on any atom is -0.376 e. The monoisotopic (exact) mass is 396 g/mol. The van der Waals surface area contributed by atoms with Gasteiger partial charge in [0.15, 0.2) is 0 Å². The van der Waals surface area contributed by atoms with Crippen molar-refractivity contribution < 1.29 is 31.1 Å². The van der Waals surface area contributed by atoms with Gasteiger partial charge in [-0.15, -0.1) is 0 Å². The van der Waals surface area contributed by atoms with E-state index in [1.165, 1.54) is 12.1 Å². The van der Waals surface area contributed by atoms with E-state index < -0.39 is 41.0 Å². The number of benzene rings is 2. The summed E-state index contributed by atoms with van der Waals surface area (Å²) >= 11 is 5.48. The lowest BCUT2D eigenvalue weighted by molar-refractivity contribution is -0.138. The molecule has 0 saturated heterocycles. The molecule has 2 rings (SSSR count). The predicted octanol–water partition coefficient (Wildman–Crippen LogP) is 5.43. The van der Waals surface area contributed by atoms with Gasteiger partial charge in [-0.25, -0.2) is 0 Å². The van der Waals surface area contributed by atoms with E-state index in [2.05, 4.69) is 10.6 Å². The third kappa shape index (κ3) is 5.29. The van der Waals surface area contributed by atoms with E-state index in [4.69, 9.17) is 11.6 Å². The number of carbonyl (C=O) groups excluding carboxylic acids is 1. The molecule has 0 saturated carbocycles. The first-order valence-electron chi connectivity index (χ1n) is 7.04. The van der Waals surface area contributed by atoms with Crippen LogP contribution in [-0.2, 0) is 17.1 Å². The van der Waals surface area contributed by atoms with Crippen LogP contribution in [0.15, 0.2) is 42.5 Å². The molecular weight excluding hydrogens is 386 g/mol. The fourth-order valence-corrected chi connectivity index (χ4v) is 2.24. The molecule has 10 heteroatoms. The molecule has 1 amide bonds. The van der Waals surface area contributed by atoms with Crippen molar-refractivity contribution in [1.29, 1.82) is 0 Å². The molecule has 0 aromatic heterocycles. The number of amides is 1. The van der Waals surface area contributed by atoms with Gasteiger partial charge in [-0.2, -0.15) is 26.3 Å². The number of carbonyl (C=O) groups is 1. The minimum atomic E-state index is -4.66. The molecule has 0 aliphatic heterocycles. The van der Waals surface area contributed by atoms with Gasteiger partial charge in [0, 0.05) is 11.4 Å². The van der Waals surface area contributed by atoms with Gasteiger partial charge in [0.05, 0.1) is 22.7 Å². The van der Waals surface area contributed by atoms with Gasteiger partial charge in [-0.1, -0.05) is 17.7 Å². The number of hydrogen-bond donors (Lipinski definition) is 2. The average molecular weight is 397 g/mol. The van der Waals surface area contributed by atoms with E-state index in [1.54, 1.807) is 0 Å². The summed E-state index contributed by atoms with van der Waals surface area (Å²) in [5.41, 5.74) is -2.10. The van der Waals surface area contributed by atoms with Crippen molar-refractivity contribution in [3.63, 3.8) is 0 Å². The van der Waals surface area contributed by atoms with Gasteiger partial charge in [0.25, 0.3) is 0 Å². The number of nitrogens with one attached hydrogen (secondary N) is 2. The first-order chi connectivity index (χ1) is 12.0. The second kappa shape index (κ2) is 7.45. The number of alkyl halides is 6. The Morgan fingerprint density at radius 1 is 0.923 bits per heavy atom. The van der Waals surface area contributed by atoms with Crippen molar-refractivity contribution >= 4 is 28.9 Å². The lowest BCUT2D eigenvalue weighted by Crippen LogP contribution is -2.22. The second-order valence-electron chi connectivity index (χ2n) is 5.17. The van der Waals surface area contributed by atoms with Crippen molar-refractivity contribution in [3.05, 3.63) is 58.6 Å². The van der Waals surface area contributed by atoms with Gasteiger partial charge in [-0.3, -0.25) is 4.79 Å². The highest BCUT2D eigenvalue weighted by Gasteiger charge is 2.33. The summed E-state index contributed by atoms with van der Waals surface area (Å²) < 4.78 is 76.1. The van der Waals surface area contributed by atoms with Crippen molar-refractivity contribution in [2.24, 2.45) is 0 Å². The fourth-order valence-electron chi connectivity index (χ4n) is 2.01. The van der Waals surface area contributed by atoms with Gasteiger partial charge < -0.3 is 10.6 Å². The largest absolute Gasteiger partial charge is 0.417 e. The van der Waals surface area contributed by atoms with Crippen LogP contribution in [-0.4, -0.2) is 12.5 Å². The molecule has 0 aliphatic rings. The molecule has 0 atom stereocenters. The van der Waals surface area contributed by atoms with E-state index in [1.807, 2.05) is 0 Å². The van der Waals surface area contributed by atoms with E-state index >= 15 is 0 Å². The zero-order valence-electron chi connectivity index (χ0n) is 12.8. The Kier molecular flexibility index (Phi) is 5.70. The molecule has 0 fully saturated rings. The van der Waals surface area contributed by atoms with Crippen molar-refractivity contribution in [2.45, 2.75) is 12.4 Å². The lowest BCUT2D eigenvalue weighted by Gasteiger charge is -2.13. The van der Waals surface area contributed by atoms with E-state index in [0.717, 1.165) is 30.3 Å². The van der Waals surface area contributed by atoms with Crippen LogP contribution in [0.4, 0.5) is 37.7 Å². The first-order valence-corrected chi connectivity index (χ1v) is 7.42. The molecule has 0 aliphatic carbocycles. The molecular formula is C16H11ClF6N2O. The van der Waals surface area contributed by atoms with E-state index in [9.17, 15) is 31.1 Å². The maximum Gasteiger partial charge on any atom is 0.417 e. The molecule has 2 N–H and O–H groups in total. The van der Waals surface area contributed by atoms with Gasteiger partial charge in [0.2, 0.25) is 5.91 Å². The molecule has 0 radical (unpaired) electrons. The van der Waals surface area contributed by atoms with Crippen LogP contribution < -0.4 is 10.6 Å². The Morgan fingerprint density at radius 3 is 2.23 bits per heavy atom. The van der Waals surface area contributed by atoms with Crippen LogP contribution in [0, 0.1) is 0 Å². The Labute approximate surface area is 149 Å². The molecule has 0 heterocycles. The smallest absolute Gasteiger partial charge is 0.376 e. The first kappa shape index (κ1) is 19.9. The van der Waals surface area contributed by atoms with Crippen LogP contribution in [0.2, 0.25) is 5.02 Å². The maximum atomic E-state index is 12.8. The third-order valence-electron chi connectivity index (χ3n) is 3.20. The van der Waals surface area contributed by atoms with Crippen LogP contribution in [0.3, 0.4) is 0 Å². The third-order valence-corrected chi connectivity index (χ3v) is 3.53. The van der Waals surface area contributed by atoms with Crippen LogP contribution in [0.5, 0.6) is 0 Å². The van der Waals surface area contributed by atoms with Crippen LogP contribution >= 0.6 is 11.6 Å². The zero-order valence-corrected chi connectivity index (χ0v) is 13.6. The number of rotatable bonds is 4. The predicted molar refractivity (Wildman–Crippen MR) is 85.0 cm³/mol. The van der Waals surface area contributed by atoms with Gasteiger partial charge in [-0.05, 0) is 36.4 Å². The maximum absolute atomic E-state index is 12.8. The Hall–Kier alpha value is -2.42. The standard InChI is InChI=1S/C16H11ClF6N2O/c17-13-5-4-10(7-12(13)16(21,22)23)24-8-14(26)25-11-3-1-2-9(6-11)15(18,19)20/h1-7,24H,8H2,(H,25,26). The summed E-state index contributed by atoms with van der Waals surface area (Å²) in [6.45, 7) is -0.449. The quantitative estimate of drug-likeness (QED) is 0.677. The van der Waals surface area contributed by atoms with E-state index in [-0.39, 0.29) is 11.4 Å². The van der Waals surface area contributed by atoms with Crippen molar-refractivity contribution in [1.82, 2.24) is 0 Å². The normalized spacial score (nSPS) is 12.0. The average Bonchev–Trinajstić information content (AvgIpc) is 2.52. The molecule has 0 bridgehead atoms. The lowest BCUT2D eigenvalue weighted by atomic mass is 10.2. The second-order valence-corrected chi connectivity index (χ2v) is 5.58. The number of anilines is 2. The summed E-state index contributed by atoms with van der Waals surface area (Å²) in [5.74, 6) is -0.729. The highest BCUT2D eigenvalue weighted by Crippen LogP contribution is 2.36. The summed E-state index contributed by atoms with van der Waals surface area (Å²) in [5, 5.41) is 4.20. The zero-order chi connectivity index (χ0) is 19.5. The van der Waals surface area contributed by atoms with Gasteiger partial charge in [0.1, 0.15) is 0 Å². The van der Waals surface area contributed by atoms with Crippen molar-refractivity contribution in [3.8, 4) is 0 Å². The summed E-state index contributed by atoms with van der Waals surface area (Å²) in [4.78, 5) is 11.8. The topological polar surface area (TPSA) is 41.1 Å². The molecule has 0 spiro atoms. The highest BCUT2D eigenvalue weighted by atomic mass is 35.5. The molecule has 0 unspecified atom stereocenters. The molecule has 2 aromatic carbocycles. The number of hydrogen-bond acceptors (Lipinski definition) is 2. The number of halogens is 7. The molecule has 140 valence electrons. The fraction of sp³-hybridized carbons (Fsp3) is 0.188. The Bertz CT molecular complexity index is 804. The SMILES string of the molecule is O=C(CNc1ccc(Cl)c(C(F)(F)F)c1)Nc1cccc(C(F)(F)F)c1. The molecule has 2 aromatic rings. The van der Waals surface area contributed by atoms with Gasteiger partial charge >= 0.3 is 12.4 Å². The summed E-state index contributed by atoms with van der Waals surface area (Å²) in [7, 11) is 0. The minimum absolute atomic E-state index is 0.0130. The Balaban J connectivity index is 2.02. The summed E-state index contributed by atoms with van der Waals surface area (Å²) in [6, 6.07) is 6.99. The molecule has 3 nitrogen and oxygen atoms in total. The van der Waals surface area contributed by atoms with E-state index in [0.29, 0.717) is 0 Å². The van der Waals surface area contributed by atoms with Crippen LogP contribution in [0.25, 0.3) is 0 Å². The van der Waals surface area contributed by atoms with Crippen molar-refractivity contribution in [2.75, 3.05) is 17.2 Å². The Morgan fingerprint density at radius 2 is 1.62 bits per heavy atom. The molecule has 26 heavy (non-hydrogen) atoms. The summed E-state index contributed by atoms with van der Waals surface area (Å²) in [6.07, 6.45) is -9.22. The van der Waals surface area contributed by atoms with Crippen LogP contribution in [0.1, 0.15) is 11.1 Å².